The molecule has 10 heterocycles. The van der Waals surface area contributed by atoms with E-state index in [0.717, 1.165) is 113 Å². The molecule has 2 aliphatic carbocycles. The van der Waals surface area contributed by atoms with Crippen LogP contribution in [-0.4, -0.2) is 60.3 Å². The van der Waals surface area contributed by atoms with Crippen LogP contribution in [0.5, 0.6) is 0 Å². The van der Waals surface area contributed by atoms with Crippen molar-refractivity contribution in [2.24, 2.45) is 0 Å². The predicted molar refractivity (Wildman–Crippen MR) is 587 cm³/mol. The van der Waals surface area contributed by atoms with E-state index >= 15 is 0 Å². The molecule has 14 aromatic carbocycles. The van der Waals surface area contributed by atoms with Gasteiger partial charge >= 0.3 is 21.1 Å². The summed E-state index contributed by atoms with van der Waals surface area (Å²) in [6, 6.07) is 150. The van der Waals surface area contributed by atoms with E-state index in [1.165, 1.54) is 131 Å². The smallest absolute Gasteiger partial charge is 0.512 e. The maximum Gasteiger partial charge on any atom is 2.00 e. The molecule has 149 heavy (non-hydrogen) atoms. The maximum atomic E-state index is 10.0. The van der Waals surface area contributed by atoms with Crippen molar-refractivity contribution < 1.29 is 91.3 Å². The van der Waals surface area contributed by atoms with Crippen LogP contribution in [0.15, 0.2) is 419 Å². The molecule has 26 rings (SSSR count). The van der Waals surface area contributed by atoms with E-state index < -0.39 is 0 Å². The number of ketones is 1. The van der Waals surface area contributed by atoms with Crippen LogP contribution in [0.25, 0.3) is 162 Å². The number of aromatic nitrogens is 10. The number of anilines is 3. The molecular formula is C132H101Ir3N11O2Pt-4. The third-order valence-electron chi connectivity index (χ3n) is 27.4. The predicted octanol–water partition coefficient (Wildman–Crippen LogP) is 31.3. The van der Waals surface area contributed by atoms with Gasteiger partial charge in [-0.3, -0.25) is 9.78 Å². The molecule has 0 fully saturated rings. The van der Waals surface area contributed by atoms with Crippen molar-refractivity contribution in [3.63, 3.8) is 0 Å². The molecule has 17 heteroatoms. The van der Waals surface area contributed by atoms with Crippen molar-refractivity contribution in [1.29, 1.82) is 0 Å². The summed E-state index contributed by atoms with van der Waals surface area (Å²) in [6.07, 6.45) is 11.4. The molecule has 0 atom stereocenters. The largest absolute Gasteiger partial charge is 2.00 e. The molecule has 22 aromatic rings. The van der Waals surface area contributed by atoms with E-state index in [-0.39, 0.29) is 109 Å². The summed E-state index contributed by atoms with van der Waals surface area (Å²) in [5, 5.41) is 12.2. The molecule has 0 unspecified atom stereocenters. The van der Waals surface area contributed by atoms with Gasteiger partial charge in [-0.05, 0) is 177 Å². The molecule has 3 radical (unpaired) electrons. The summed E-state index contributed by atoms with van der Waals surface area (Å²) in [6.45, 7) is 21.1. The van der Waals surface area contributed by atoms with Crippen molar-refractivity contribution in [2.45, 2.75) is 91.9 Å². The van der Waals surface area contributed by atoms with Gasteiger partial charge in [-0.1, -0.05) is 288 Å². The van der Waals surface area contributed by atoms with Gasteiger partial charge in [-0.2, -0.15) is 0 Å². The Labute approximate surface area is 925 Å². The number of benzene rings is 14. The van der Waals surface area contributed by atoms with Crippen LogP contribution in [-0.2, 0) is 109 Å². The Morgan fingerprint density at radius 3 is 1.31 bits per heavy atom. The van der Waals surface area contributed by atoms with Gasteiger partial charge < -0.3 is 39.5 Å². The molecular weight excluding hydrogens is 2540 g/mol. The monoisotopic (exact) mass is 2650 g/mol. The average Bonchev–Trinajstić information content (AvgIpc) is 1.52. The van der Waals surface area contributed by atoms with E-state index in [9.17, 15) is 4.79 Å². The molecule has 13 nitrogen and oxygen atoms in total. The van der Waals surface area contributed by atoms with Crippen molar-refractivity contribution in [2.75, 3.05) is 4.90 Å². The number of aliphatic hydroxyl groups excluding tert-OH is 1. The Kier molecular flexibility index (Phi) is 32.1. The summed E-state index contributed by atoms with van der Waals surface area (Å²) < 4.78 is 2.58. The number of hydrogen-bond donors (Lipinski definition) is 1. The van der Waals surface area contributed by atoms with E-state index in [2.05, 4.69) is 332 Å². The number of carbonyl (C=O) groups is 1. The zero-order valence-electron chi connectivity index (χ0n) is 83.6. The fourth-order valence-electron chi connectivity index (χ4n) is 20.0. The summed E-state index contributed by atoms with van der Waals surface area (Å²) in [4.78, 5) is 54.1. The van der Waals surface area contributed by atoms with E-state index in [4.69, 9.17) is 25.0 Å². The Bertz CT molecular complexity index is 8330. The van der Waals surface area contributed by atoms with Crippen LogP contribution < -0.4 is 4.90 Å². The Balaban J connectivity index is 0.000000132. The third kappa shape index (κ3) is 21.8. The maximum absolute atomic E-state index is 10.0. The second-order valence-electron chi connectivity index (χ2n) is 38.2. The number of allylic oxidation sites excluding steroid dienone is 2. The number of hydrogen-bond acceptors (Lipinski definition) is 12. The molecule has 0 bridgehead atoms. The van der Waals surface area contributed by atoms with Gasteiger partial charge in [0.1, 0.15) is 5.82 Å². The molecule has 8 aromatic heterocycles. The number of aryl methyl sites for hydroxylation is 2. The summed E-state index contributed by atoms with van der Waals surface area (Å²) in [5.41, 5.74) is 40.3. The van der Waals surface area contributed by atoms with Crippen LogP contribution in [0, 0.1) is 50.2 Å². The van der Waals surface area contributed by atoms with Gasteiger partial charge in [0.2, 0.25) is 0 Å². The fourth-order valence-corrected chi connectivity index (χ4v) is 20.0. The van der Waals surface area contributed by atoms with Gasteiger partial charge in [0, 0.05) is 141 Å². The Hall–Kier alpha value is -15.3. The number of fused-ring (bicyclic) bond motifs is 8. The van der Waals surface area contributed by atoms with Crippen LogP contribution in [0.2, 0.25) is 0 Å². The Morgan fingerprint density at radius 2 is 0.805 bits per heavy atom. The standard InChI is InChI=1S/C46H34N4.C28H21N4.C24H18N.C18H12N.C11H8N.C5H8O2.3Ir.Pt/c1-45(2)36-19-11-17-34-35-18-12-20-37-43(35)50(42(34)36)44-38(45)27-33(28-39(44)46(37,3)4)49(31-15-9-13-29(25-31)40-21-5-7-23-47-40)32-16-10-14-30(26-32)41-22-6-8-24-48-41;1-19-6-10-22(11-7-19)26-30-27(23-12-8-20(2)9-13-23)32-28(31-26)24-16-14-21(15-17-24)25-5-3-4-18-29-25;1-24(2)20-9-5-4-8-18(20)19-13-11-17(15-21(19)24)23-14-12-16-7-3-6-10-22(16)25-23;1-2-6-13(7-3-1)18-11-15-10-14-8-4-5-9-16(14)17(15)12-19-18;1-2-6-10(7-3-1)11-8-4-5-9-12-11;1-4(6)3-5(2)7;;;;/h5-24,27-28H,1-4H3;3-14,16-18H,1-2H3;3-10,12-15H,1-2H3;1-6,8-9,11-12H,10H2;1-6,8-9H;3,6H,1-2H3;;;;/q-2;4*-1;;;;;+2. The number of nitrogens with zero attached hydrogens (tertiary/aromatic N) is 11. The summed E-state index contributed by atoms with van der Waals surface area (Å²) in [5.74, 6) is 1.86. The Morgan fingerprint density at radius 1 is 0.356 bits per heavy atom. The quantitative estimate of drug-likeness (QED) is 0.0662. The van der Waals surface area contributed by atoms with Crippen LogP contribution in [0.1, 0.15) is 111 Å². The van der Waals surface area contributed by atoms with E-state index in [1.807, 2.05) is 188 Å². The molecule has 0 saturated heterocycles. The minimum Gasteiger partial charge on any atom is -0.512 e. The second kappa shape index (κ2) is 45.6. The third-order valence-corrected chi connectivity index (χ3v) is 27.4. The summed E-state index contributed by atoms with van der Waals surface area (Å²) in [7, 11) is 0. The average molecular weight is 2650 g/mol. The minimum atomic E-state index is -0.248. The molecule has 4 aliphatic rings. The van der Waals surface area contributed by atoms with Gasteiger partial charge in [0.05, 0.1) is 28.0 Å². The second-order valence-corrected chi connectivity index (χ2v) is 38.2. The number of pyridine rings is 6. The fraction of sp³-hybridized carbons (Fsp3) is 0.106. The van der Waals surface area contributed by atoms with Gasteiger partial charge in [-0.15, -0.1) is 191 Å². The first-order chi connectivity index (χ1) is 70.6. The SMILES string of the molecule is CC(=O)C=C(C)O.CC1(C)c2cc(N(c3[c-]c(-c4ccccn4)ccc3)c3[c-]c(-c4ccccn4)ccc3)cc3c2-n2c4c1cccc4c1cccc(c12)C3(C)C.CC1(C)c2ccccc2-c2c[c-]c(-c3ccc4ccccc4n3)cc21.Cc1ccc(-c2nc(-c3c[c-]c(-c4ccccn4)cc3)nc(-c3ccc(C)cc3)n2)cc1.[Ir].[Ir].[Ir].[Pt+2].[c-]1ccccc1-c1cc2c(cn1)-c1ccccc1C2.[c-]1ccccc1-c1ccccn1. The molecule has 737 valence electrons. The van der Waals surface area contributed by atoms with Crippen molar-refractivity contribution >= 4 is 55.6 Å². The first kappa shape index (κ1) is 105. The zero-order chi connectivity index (χ0) is 99.5. The van der Waals surface area contributed by atoms with Gasteiger partial charge in [-0.25, -0.2) is 15.0 Å². The first-order valence-corrected chi connectivity index (χ1v) is 48.7. The van der Waals surface area contributed by atoms with Crippen molar-refractivity contribution in [3.8, 4) is 130 Å². The molecule has 0 amide bonds. The van der Waals surface area contributed by atoms with Crippen LogP contribution in [0.3, 0.4) is 0 Å². The van der Waals surface area contributed by atoms with Crippen LogP contribution in [0.4, 0.5) is 17.1 Å². The number of aliphatic hydroxyl groups is 1. The topological polar surface area (TPSA) is 161 Å². The minimum absolute atomic E-state index is 0. The van der Waals surface area contributed by atoms with E-state index in [0.29, 0.717) is 17.5 Å². The molecule has 0 saturated carbocycles. The molecule has 1 N–H and O–H groups in total. The van der Waals surface area contributed by atoms with Gasteiger partial charge in [0.25, 0.3) is 0 Å². The van der Waals surface area contributed by atoms with Crippen LogP contribution >= 0.6 is 0 Å². The zero-order valence-corrected chi connectivity index (χ0v) is 93.0. The number of para-hydroxylation sites is 3. The van der Waals surface area contributed by atoms with Crippen molar-refractivity contribution in [3.05, 3.63) is 511 Å². The first-order valence-electron chi connectivity index (χ1n) is 48.7. The summed E-state index contributed by atoms with van der Waals surface area (Å²) >= 11 is 0. The number of rotatable bonds is 13. The molecule has 2 aliphatic heterocycles. The van der Waals surface area contributed by atoms with Gasteiger partial charge in [0.15, 0.2) is 17.4 Å². The molecule has 0 spiro atoms. The van der Waals surface area contributed by atoms with E-state index in [1.54, 1.807) is 12.4 Å². The normalized spacial score (nSPS) is 12.5. The number of carbonyl (C=O) groups excluding carboxylic acids is 1. The van der Waals surface area contributed by atoms with Crippen molar-refractivity contribution in [1.82, 2.24) is 49.4 Å².